The summed E-state index contributed by atoms with van der Waals surface area (Å²) in [5.41, 5.74) is 6.47. The average molecular weight is 459 g/mol. The van der Waals surface area contributed by atoms with Crippen molar-refractivity contribution >= 4 is 24.1 Å². The molecule has 2 aromatic carbocycles. The minimum Gasteiger partial charge on any atom is -0.458 e. The number of benzene rings is 2. The summed E-state index contributed by atoms with van der Waals surface area (Å²) in [5, 5.41) is 0. The number of rotatable bonds is 9. The highest BCUT2D eigenvalue weighted by Crippen LogP contribution is 2.29. The van der Waals surface area contributed by atoms with Crippen molar-refractivity contribution in [3.8, 4) is 17.2 Å². The number of hydrogen-bond donors (Lipinski definition) is 1. The van der Waals surface area contributed by atoms with Crippen molar-refractivity contribution in [3.05, 3.63) is 54.1 Å². The Bertz CT molecular complexity index is 991. The molecule has 2 aromatic rings. The first kappa shape index (κ1) is 25.3. The van der Waals surface area contributed by atoms with Crippen molar-refractivity contribution in [3.63, 3.8) is 0 Å². The molecule has 0 radical (unpaired) electrons. The van der Waals surface area contributed by atoms with Crippen LogP contribution in [0.5, 0.6) is 17.2 Å². The highest BCUT2D eigenvalue weighted by Gasteiger charge is 2.21. The molecule has 0 aliphatic heterocycles. The van der Waals surface area contributed by atoms with Gasteiger partial charge in [0.25, 0.3) is 0 Å². The lowest BCUT2D eigenvalue weighted by molar-refractivity contribution is -0.151. The molecule has 0 aliphatic rings. The van der Waals surface area contributed by atoms with Gasteiger partial charge in [0.2, 0.25) is 0 Å². The topological polar surface area (TPSA) is 140 Å². The van der Waals surface area contributed by atoms with Crippen LogP contribution in [0.4, 0.5) is 4.79 Å². The lowest BCUT2D eigenvalue weighted by atomic mass is 10.1. The standard InChI is InChI=1S/C23H25NO9/c1-14(13-29-23(28)33-18-7-5-4-6-8-18)30-22(27)19(24)11-17-9-10-20(31-15(2)25)21(12-17)32-16(3)26/h4-10,12,14,19H,11,13,24H2,1-3H3/t14-,19-/m0/s1. The molecule has 0 spiro atoms. The quantitative estimate of drug-likeness (QED) is 0.338. The maximum absolute atomic E-state index is 12.3. The molecular formula is C23H25NO9. The first-order chi connectivity index (χ1) is 15.6. The van der Waals surface area contributed by atoms with Gasteiger partial charge < -0.3 is 29.4 Å². The van der Waals surface area contributed by atoms with Gasteiger partial charge in [-0.1, -0.05) is 24.3 Å². The van der Waals surface area contributed by atoms with Crippen LogP contribution in [-0.2, 0) is 30.3 Å². The number of carbonyl (C=O) groups is 4. The van der Waals surface area contributed by atoms with E-state index in [2.05, 4.69) is 0 Å². The van der Waals surface area contributed by atoms with Crippen LogP contribution >= 0.6 is 0 Å². The maximum Gasteiger partial charge on any atom is 0.513 e. The summed E-state index contributed by atoms with van der Waals surface area (Å²) >= 11 is 0. The first-order valence-corrected chi connectivity index (χ1v) is 9.99. The Morgan fingerprint density at radius 2 is 1.52 bits per heavy atom. The average Bonchev–Trinajstić information content (AvgIpc) is 2.74. The van der Waals surface area contributed by atoms with Crippen LogP contribution in [0, 0.1) is 0 Å². The zero-order valence-corrected chi connectivity index (χ0v) is 18.4. The van der Waals surface area contributed by atoms with Crippen molar-refractivity contribution in [1.29, 1.82) is 0 Å². The van der Waals surface area contributed by atoms with Crippen LogP contribution in [0.3, 0.4) is 0 Å². The summed E-state index contributed by atoms with van der Waals surface area (Å²) in [4.78, 5) is 46.5. The highest BCUT2D eigenvalue weighted by molar-refractivity contribution is 5.76. The van der Waals surface area contributed by atoms with E-state index < -0.39 is 36.2 Å². The third kappa shape index (κ3) is 8.99. The number of esters is 3. The van der Waals surface area contributed by atoms with Crippen molar-refractivity contribution in [2.24, 2.45) is 5.73 Å². The molecule has 0 heterocycles. The molecule has 0 saturated heterocycles. The molecule has 0 aliphatic carbocycles. The van der Waals surface area contributed by atoms with E-state index in [1.165, 1.54) is 32.9 Å². The number of para-hydroxylation sites is 1. The maximum atomic E-state index is 12.3. The predicted molar refractivity (Wildman–Crippen MR) is 115 cm³/mol. The normalized spacial score (nSPS) is 12.1. The molecule has 2 rings (SSSR count). The summed E-state index contributed by atoms with van der Waals surface area (Å²) in [6.45, 7) is 3.72. The zero-order valence-electron chi connectivity index (χ0n) is 18.4. The van der Waals surface area contributed by atoms with E-state index >= 15 is 0 Å². The van der Waals surface area contributed by atoms with Gasteiger partial charge in [-0.05, 0) is 43.2 Å². The summed E-state index contributed by atoms with van der Waals surface area (Å²) in [7, 11) is 0. The molecular weight excluding hydrogens is 434 g/mol. The van der Waals surface area contributed by atoms with Gasteiger partial charge in [0.15, 0.2) is 11.5 Å². The van der Waals surface area contributed by atoms with Gasteiger partial charge in [0.1, 0.15) is 24.5 Å². The largest absolute Gasteiger partial charge is 0.513 e. The molecule has 0 fully saturated rings. The summed E-state index contributed by atoms with van der Waals surface area (Å²) in [5.74, 6) is -1.51. The van der Waals surface area contributed by atoms with Crippen LogP contribution in [-0.4, -0.2) is 42.8 Å². The summed E-state index contributed by atoms with van der Waals surface area (Å²) in [6, 6.07) is 11.8. The summed E-state index contributed by atoms with van der Waals surface area (Å²) in [6.07, 6.45) is -1.65. The summed E-state index contributed by atoms with van der Waals surface area (Å²) < 4.78 is 25.2. The van der Waals surface area contributed by atoms with E-state index in [4.69, 9.17) is 29.4 Å². The molecule has 0 unspecified atom stereocenters. The molecule has 0 amide bonds. The Morgan fingerprint density at radius 1 is 0.879 bits per heavy atom. The molecule has 0 bridgehead atoms. The molecule has 2 N–H and O–H groups in total. The van der Waals surface area contributed by atoms with Crippen molar-refractivity contribution in [2.75, 3.05) is 6.61 Å². The molecule has 0 saturated carbocycles. The van der Waals surface area contributed by atoms with Crippen LogP contribution in [0.25, 0.3) is 0 Å². The molecule has 10 heteroatoms. The van der Waals surface area contributed by atoms with Crippen molar-refractivity contribution in [2.45, 2.75) is 39.3 Å². The fraction of sp³-hybridized carbons (Fsp3) is 0.304. The Balaban J connectivity index is 1.88. The monoisotopic (exact) mass is 459 g/mol. The van der Waals surface area contributed by atoms with Crippen molar-refractivity contribution in [1.82, 2.24) is 0 Å². The number of hydrogen-bond acceptors (Lipinski definition) is 10. The van der Waals surface area contributed by atoms with Crippen LogP contribution in [0.15, 0.2) is 48.5 Å². The van der Waals surface area contributed by atoms with Gasteiger partial charge >= 0.3 is 24.1 Å². The fourth-order valence-electron chi connectivity index (χ4n) is 2.61. The lowest BCUT2D eigenvalue weighted by Crippen LogP contribution is -2.37. The van der Waals surface area contributed by atoms with E-state index in [0.29, 0.717) is 11.3 Å². The third-order valence-corrected chi connectivity index (χ3v) is 3.97. The number of carbonyl (C=O) groups excluding carboxylic acids is 4. The van der Waals surface area contributed by atoms with Gasteiger partial charge in [-0.3, -0.25) is 14.4 Å². The Morgan fingerprint density at radius 3 is 2.15 bits per heavy atom. The molecule has 10 nitrogen and oxygen atoms in total. The van der Waals surface area contributed by atoms with E-state index in [1.807, 2.05) is 0 Å². The minimum absolute atomic E-state index is 0.0227. The van der Waals surface area contributed by atoms with Gasteiger partial charge in [-0.2, -0.15) is 0 Å². The van der Waals surface area contributed by atoms with E-state index in [-0.39, 0.29) is 24.5 Å². The molecule has 176 valence electrons. The van der Waals surface area contributed by atoms with E-state index in [0.717, 1.165) is 0 Å². The Kier molecular flexibility index (Phi) is 9.37. The fourth-order valence-corrected chi connectivity index (χ4v) is 2.61. The third-order valence-electron chi connectivity index (χ3n) is 3.97. The first-order valence-electron chi connectivity index (χ1n) is 9.99. The van der Waals surface area contributed by atoms with Crippen LogP contribution in [0.1, 0.15) is 26.3 Å². The molecule has 0 aromatic heterocycles. The number of nitrogens with two attached hydrogens (primary N) is 1. The minimum atomic E-state index is -1.05. The SMILES string of the molecule is CC(=O)Oc1ccc(C[C@H](N)C(=O)O[C@@H](C)COC(=O)Oc2ccccc2)cc1OC(C)=O. The van der Waals surface area contributed by atoms with Gasteiger partial charge in [-0.15, -0.1) is 0 Å². The van der Waals surface area contributed by atoms with E-state index in [1.54, 1.807) is 36.4 Å². The van der Waals surface area contributed by atoms with Gasteiger partial charge in [0, 0.05) is 13.8 Å². The molecule has 2 atom stereocenters. The smallest absolute Gasteiger partial charge is 0.458 e. The predicted octanol–water partition coefficient (Wildman–Crippen LogP) is 2.55. The zero-order chi connectivity index (χ0) is 24.4. The second-order valence-electron chi connectivity index (χ2n) is 7.00. The number of ether oxygens (including phenoxy) is 5. The van der Waals surface area contributed by atoms with Gasteiger partial charge in [-0.25, -0.2) is 4.79 Å². The second kappa shape index (κ2) is 12.2. The van der Waals surface area contributed by atoms with E-state index in [9.17, 15) is 19.2 Å². The van der Waals surface area contributed by atoms with Gasteiger partial charge in [0.05, 0.1) is 0 Å². The highest BCUT2D eigenvalue weighted by atomic mass is 16.7. The Labute approximate surface area is 190 Å². The van der Waals surface area contributed by atoms with Crippen molar-refractivity contribution < 1.29 is 42.9 Å². The van der Waals surface area contributed by atoms with Crippen LogP contribution in [0.2, 0.25) is 0 Å². The van der Waals surface area contributed by atoms with Crippen LogP contribution < -0.4 is 19.9 Å². The lowest BCUT2D eigenvalue weighted by Gasteiger charge is -2.17. The molecule has 33 heavy (non-hydrogen) atoms. The second-order valence-corrected chi connectivity index (χ2v) is 7.00. The Hall–Kier alpha value is -3.92.